The molecular formula is C22H22N2O3S. The summed E-state index contributed by atoms with van der Waals surface area (Å²) in [6, 6.07) is 18.6. The highest BCUT2D eigenvalue weighted by molar-refractivity contribution is 7.85. The molecule has 0 unspecified atom stereocenters. The Morgan fingerprint density at radius 3 is 2.07 bits per heavy atom. The number of rotatable bonds is 2. The van der Waals surface area contributed by atoms with Crippen molar-refractivity contribution in [2.45, 2.75) is 25.7 Å². The number of aromatic amines is 1. The quantitative estimate of drug-likeness (QED) is 0.464. The summed E-state index contributed by atoms with van der Waals surface area (Å²) >= 11 is 0. The van der Waals surface area contributed by atoms with Crippen LogP contribution in [0.2, 0.25) is 0 Å². The maximum absolute atomic E-state index is 10.5. The highest BCUT2D eigenvalue weighted by Crippen LogP contribution is 2.31. The summed E-state index contributed by atoms with van der Waals surface area (Å²) in [6.45, 7) is 6.13. The van der Waals surface area contributed by atoms with Gasteiger partial charge in [-0.05, 0) is 55.7 Å². The summed E-state index contributed by atoms with van der Waals surface area (Å²) in [4.78, 5) is 7.51. The standard InChI is InChI=1S/C15H14N2.C7H8O3S/c1-10-5-3-6-11(2)14(10)12-7-4-8-13-15(12)17-9-16-13;1-6-2-4-7(5-3-6)11(8,9)10/h3-9H,1-2H3,(H,16,17);2-5H,1H3,(H,8,9,10). The molecule has 0 aliphatic rings. The van der Waals surface area contributed by atoms with Gasteiger partial charge >= 0.3 is 0 Å². The highest BCUT2D eigenvalue weighted by Gasteiger charge is 2.10. The van der Waals surface area contributed by atoms with Gasteiger partial charge in [0.15, 0.2) is 0 Å². The summed E-state index contributed by atoms with van der Waals surface area (Å²) < 4.78 is 29.6. The predicted molar refractivity (Wildman–Crippen MR) is 112 cm³/mol. The molecule has 4 aromatic rings. The minimum absolute atomic E-state index is 0.0666. The van der Waals surface area contributed by atoms with Crippen LogP contribution in [0.4, 0.5) is 0 Å². The van der Waals surface area contributed by atoms with Gasteiger partial charge in [0.05, 0.1) is 22.3 Å². The molecule has 2 N–H and O–H groups in total. The van der Waals surface area contributed by atoms with E-state index in [4.69, 9.17) is 4.55 Å². The van der Waals surface area contributed by atoms with E-state index in [-0.39, 0.29) is 4.90 Å². The molecule has 4 rings (SSSR count). The van der Waals surface area contributed by atoms with Gasteiger partial charge < -0.3 is 4.98 Å². The Balaban J connectivity index is 0.000000178. The zero-order chi connectivity index (χ0) is 20.3. The van der Waals surface area contributed by atoms with Gasteiger partial charge in [0.25, 0.3) is 10.1 Å². The van der Waals surface area contributed by atoms with Crippen molar-refractivity contribution in [1.82, 2.24) is 9.97 Å². The van der Waals surface area contributed by atoms with Crippen molar-refractivity contribution in [2.24, 2.45) is 0 Å². The molecule has 0 amide bonds. The number of hydrogen-bond acceptors (Lipinski definition) is 3. The molecule has 1 heterocycles. The molecule has 0 aliphatic heterocycles. The molecule has 0 saturated carbocycles. The highest BCUT2D eigenvalue weighted by atomic mass is 32.2. The Kier molecular flexibility index (Phi) is 5.63. The molecule has 0 radical (unpaired) electrons. The number of imidazole rings is 1. The van der Waals surface area contributed by atoms with E-state index in [1.54, 1.807) is 18.5 Å². The number of fused-ring (bicyclic) bond motifs is 1. The number of hydrogen-bond donors (Lipinski definition) is 2. The van der Waals surface area contributed by atoms with Crippen molar-refractivity contribution < 1.29 is 13.0 Å². The second-order valence-corrected chi connectivity index (χ2v) is 8.08. The molecule has 28 heavy (non-hydrogen) atoms. The molecule has 0 atom stereocenters. The molecule has 3 aromatic carbocycles. The zero-order valence-electron chi connectivity index (χ0n) is 16.0. The van der Waals surface area contributed by atoms with Crippen LogP contribution in [0.25, 0.3) is 22.2 Å². The second kappa shape index (κ2) is 7.96. The number of H-pyrrole nitrogens is 1. The SMILES string of the molecule is Cc1ccc(S(=O)(=O)O)cc1.Cc1cccc(C)c1-c1cccc2[nH]cnc12. The van der Waals surface area contributed by atoms with Crippen LogP contribution >= 0.6 is 0 Å². The predicted octanol–water partition coefficient (Wildman–Crippen LogP) is 5.09. The lowest BCUT2D eigenvalue weighted by Gasteiger charge is -2.10. The normalized spacial score (nSPS) is 11.1. The van der Waals surface area contributed by atoms with Crippen LogP contribution in [0.1, 0.15) is 16.7 Å². The first-order chi connectivity index (χ1) is 13.3. The summed E-state index contributed by atoms with van der Waals surface area (Å²) in [5, 5.41) is 0. The van der Waals surface area contributed by atoms with E-state index in [0.29, 0.717) is 0 Å². The fourth-order valence-electron chi connectivity index (χ4n) is 3.12. The Labute approximate surface area is 164 Å². The van der Waals surface area contributed by atoms with Crippen LogP contribution in [0.5, 0.6) is 0 Å². The fourth-order valence-corrected chi connectivity index (χ4v) is 3.60. The molecule has 144 valence electrons. The van der Waals surface area contributed by atoms with E-state index in [1.807, 2.05) is 6.92 Å². The molecule has 0 aliphatic carbocycles. The molecular weight excluding hydrogens is 372 g/mol. The monoisotopic (exact) mass is 394 g/mol. The van der Waals surface area contributed by atoms with E-state index >= 15 is 0 Å². The topological polar surface area (TPSA) is 83.0 Å². The van der Waals surface area contributed by atoms with Crippen LogP contribution < -0.4 is 0 Å². The molecule has 1 aromatic heterocycles. The Morgan fingerprint density at radius 2 is 1.46 bits per heavy atom. The van der Waals surface area contributed by atoms with Crippen molar-refractivity contribution in [3.63, 3.8) is 0 Å². The van der Waals surface area contributed by atoms with Gasteiger partial charge in [-0.1, -0.05) is 48.0 Å². The van der Waals surface area contributed by atoms with Gasteiger partial charge in [0, 0.05) is 5.56 Å². The maximum atomic E-state index is 10.5. The van der Waals surface area contributed by atoms with Crippen LogP contribution in [-0.2, 0) is 10.1 Å². The lowest BCUT2D eigenvalue weighted by molar-refractivity contribution is 0.483. The number of nitrogens with zero attached hydrogens (tertiary/aromatic N) is 1. The van der Waals surface area contributed by atoms with E-state index < -0.39 is 10.1 Å². The van der Waals surface area contributed by atoms with Crippen molar-refractivity contribution in [3.05, 3.63) is 83.7 Å². The van der Waals surface area contributed by atoms with Gasteiger partial charge in [-0.15, -0.1) is 0 Å². The first-order valence-corrected chi connectivity index (χ1v) is 10.2. The zero-order valence-corrected chi connectivity index (χ0v) is 16.8. The lowest BCUT2D eigenvalue weighted by atomic mass is 9.95. The Morgan fingerprint density at radius 1 is 0.857 bits per heavy atom. The largest absolute Gasteiger partial charge is 0.345 e. The van der Waals surface area contributed by atoms with Crippen LogP contribution in [0.3, 0.4) is 0 Å². The smallest absolute Gasteiger partial charge is 0.294 e. The van der Waals surface area contributed by atoms with Crippen LogP contribution in [-0.4, -0.2) is 22.9 Å². The molecule has 0 spiro atoms. The molecule has 5 nitrogen and oxygen atoms in total. The maximum Gasteiger partial charge on any atom is 0.294 e. The number of aryl methyl sites for hydroxylation is 3. The van der Waals surface area contributed by atoms with Crippen LogP contribution in [0, 0.1) is 20.8 Å². The van der Waals surface area contributed by atoms with E-state index in [1.165, 1.54) is 34.4 Å². The van der Waals surface area contributed by atoms with Gasteiger partial charge in [0.1, 0.15) is 0 Å². The van der Waals surface area contributed by atoms with Crippen molar-refractivity contribution in [3.8, 4) is 11.1 Å². The van der Waals surface area contributed by atoms with E-state index in [2.05, 4.69) is 60.2 Å². The van der Waals surface area contributed by atoms with Gasteiger partial charge in [-0.3, -0.25) is 4.55 Å². The van der Waals surface area contributed by atoms with E-state index in [0.717, 1.165) is 16.6 Å². The average molecular weight is 394 g/mol. The van der Waals surface area contributed by atoms with Gasteiger partial charge in [-0.25, -0.2) is 4.98 Å². The number of para-hydroxylation sites is 1. The van der Waals surface area contributed by atoms with E-state index in [9.17, 15) is 8.42 Å². The first kappa shape index (κ1) is 19.8. The number of benzene rings is 3. The first-order valence-electron chi connectivity index (χ1n) is 8.80. The summed E-state index contributed by atoms with van der Waals surface area (Å²) in [5.74, 6) is 0. The molecule has 0 saturated heterocycles. The summed E-state index contributed by atoms with van der Waals surface area (Å²) in [5.41, 5.74) is 8.18. The number of nitrogens with one attached hydrogen (secondary N) is 1. The Bertz CT molecular complexity index is 1190. The summed E-state index contributed by atoms with van der Waals surface area (Å²) in [7, 11) is -4.02. The minimum atomic E-state index is -4.02. The third-order valence-electron chi connectivity index (χ3n) is 4.52. The van der Waals surface area contributed by atoms with Gasteiger partial charge in [0.2, 0.25) is 0 Å². The minimum Gasteiger partial charge on any atom is -0.345 e. The molecule has 0 fully saturated rings. The number of aromatic nitrogens is 2. The average Bonchev–Trinajstić information content (AvgIpc) is 3.11. The van der Waals surface area contributed by atoms with Crippen LogP contribution in [0.15, 0.2) is 71.9 Å². The van der Waals surface area contributed by atoms with Crippen molar-refractivity contribution in [2.75, 3.05) is 0 Å². The van der Waals surface area contributed by atoms with Gasteiger partial charge in [-0.2, -0.15) is 8.42 Å². The molecule has 0 bridgehead atoms. The van der Waals surface area contributed by atoms with Crippen molar-refractivity contribution in [1.29, 1.82) is 0 Å². The second-order valence-electron chi connectivity index (χ2n) is 6.66. The molecule has 6 heteroatoms. The third kappa shape index (κ3) is 4.30. The lowest BCUT2D eigenvalue weighted by Crippen LogP contribution is -1.96. The Hall–Kier alpha value is -2.96. The van der Waals surface area contributed by atoms with Crippen molar-refractivity contribution >= 4 is 21.2 Å². The third-order valence-corrected chi connectivity index (χ3v) is 5.39. The summed E-state index contributed by atoms with van der Waals surface area (Å²) in [6.07, 6.45) is 1.75. The fraction of sp³-hybridized carbons (Fsp3) is 0.136.